The highest BCUT2D eigenvalue weighted by molar-refractivity contribution is 9.10. The Hall–Kier alpha value is -1.16. The fourth-order valence-electron chi connectivity index (χ4n) is 2.76. The van der Waals surface area contributed by atoms with Crippen LogP contribution in [-0.2, 0) is 0 Å². The Morgan fingerprint density at radius 3 is 2.40 bits per heavy atom. The Bertz CT molecular complexity index is 756. The summed E-state index contributed by atoms with van der Waals surface area (Å²) in [6, 6.07) is 12.6. The zero-order chi connectivity index (χ0) is 14.3. The van der Waals surface area contributed by atoms with Crippen molar-refractivity contribution in [3.05, 3.63) is 68.5 Å². The third-order valence-corrected chi connectivity index (χ3v) is 5.74. The van der Waals surface area contributed by atoms with E-state index in [1.165, 1.54) is 32.3 Å². The van der Waals surface area contributed by atoms with Crippen LogP contribution in [0, 0.1) is 13.8 Å². The van der Waals surface area contributed by atoms with Crippen molar-refractivity contribution in [3.8, 4) is 0 Å². The lowest BCUT2D eigenvalue weighted by molar-refractivity contribution is 0.863. The maximum Gasteiger partial charge on any atom is 0.0571 e. The number of aryl methyl sites for hydroxylation is 2. The van der Waals surface area contributed by atoms with Gasteiger partial charge in [-0.05, 0) is 68.9 Å². The van der Waals surface area contributed by atoms with Crippen LogP contribution in [-0.4, -0.2) is 0 Å². The van der Waals surface area contributed by atoms with Crippen molar-refractivity contribution in [1.82, 2.24) is 0 Å². The molecule has 1 unspecified atom stereocenters. The first-order chi connectivity index (χ1) is 9.59. The zero-order valence-corrected chi connectivity index (χ0v) is 13.9. The quantitative estimate of drug-likeness (QED) is 0.667. The first-order valence-electron chi connectivity index (χ1n) is 6.57. The number of hydrogen-bond donors (Lipinski definition) is 1. The first kappa shape index (κ1) is 13.8. The van der Waals surface area contributed by atoms with Crippen molar-refractivity contribution in [2.45, 2.75) is 19.9 Å². The average molecular weight is 346 g/mol. The molecule has 3 rings (SSSR count). The predicted octanol–water partition coefficient (Wildman–Crippen LogP) is 5.33. The zero-order valence-electron chi connectivity index (χ0n) is 11.5. The van der Waals surface area contributed by atoms with Gasteiger partial charge in [-0.1, -0.05) is 30.3 Å². The Morgan fingerprint density at radius 1 is 1.05 bits per heavy atom. The molecule has 3 heteroatoms. The smallest absolute Gasteiger partial charge is 0.0571 e. The summed E-state index contributed by atoms with van der Waals surface area (Å²) in [4.78, 5) is 0. The Balaban J connectivity index is 2.18. The van der Waals surface area contributed by atoms with Crippen molar-refractivity contribution in [2.75, 3.05) is 0 Å². The third-order valence-electron chi connectivity index (χ3n) is 3.77. The monoisotopic (exact) mass is 345 g/mol. The Morgan fingerprint density at radius 2 is 1.70 bits per heavy atom. The molecule has 0 spiro atoms. The fraction of sp³-hybridized carbons (Fsp3) is 0.176. The van der Waals surface area contributed by atoms with Crippen molar-refractivity contribution in [3.63, 3.8) is 0 Å². The molecule has 2 N–H and O–H groups in total. The van der Waals surface area contributed by atoms with Crippen LogP contribution in [0.3, 0.4) is 0 Å². The van der Waals surface area contributed by atoms with Gasteiger partial charge in [0.25, 0.3) is 0 Å². The van der Waals surface area contributed by atoms with Gasteiger partial charge >= 0.3 is 0 Å². The van der Waals surface area contributed by atoms with Crippen molar-refractivity contribution in [2.24, 2.45) is 5.73 Å². The van der Waals surface area contributed by atoms with Crippen molar-refractivity contribution < 1.29 is 0 Å². The molecular formula is C17H16BrNS. The highest BCUT2D eigenvalue weighted by Crippen LogP contribution is 2.37. The van der Waals surface area contributed by atoms with Gasteiger partial charge in [-0.15, -0.1) is 11.3 Å². The molecule has 1 atom stereocenters. The lowest BCUT2D eigenvalue weighted by Gasteiger charge is -2.17. The molecule has 2 aromatic carbocycles. The molecule has 0 aliphatic carbocycles. The molecule has 1 aromatic heterocycles. The summed E-state index contributed by atoms with van der Waals surface area (Å²) in [5.74, 6) is 0. The van der Waals surface area contributed by atoms with E-state index in [0.29, 0.717) is 0 Å². The summed E-state index contributed by atoms with van der Waals surface area (Å²) < 4.78 is 2.41. The molecule has 1 heterocycles. The highest BCUT2D eigenvalue weighted by atomic mass is 79.9. The van der Waals surface area contributed by atoms with E-state index in [2.05, 4.69) is 71.6 Å². The van der Waals surface area contributed by atoms with Crippen LogP contribution in [0.5, 0.6) is 0 Å². The molecule has 102 valence electrons. The fourth-order valence-corrected chi connectivity index (χ4v) is 4.41. The highest BCUT2D eigenvalue weighted by Gasteiger charge is 2.18. The number of hydrogen-bond acceptors (Lipinski definition) is 2. The number of rotatable bonds is 2. The van der Waals surface area contributed by atoms with Crippen LogP contribution >= 0.6 is 27.3 Å². The summed E-state index contributed by atoms with van der Waals surface area (Å²) >= 11 is 5.36. The standard InChI is InChI=1S/C17H16BrNS/c1-10-5-3-6-11(2)15(10)16(19)13-9-20-17-12(13)7-4-8-14(17)18/h3-9,16H,19H2,1-2H3. The number of fused-ring (bicyclic) bond motifs is 1. The second-order valence-electron chi connectivity index (χ2n) is 5.09. The topological polar surface area (TPSA) is 26.0 Å². The maximum atomic E-state index is 6.57. The van der Waals surface area contributed by atoms with Crippen molar-refractivity contribution >= 4 is 37.4 Å². The predicted molar refractivity (Wildman–Crippen MR) is 91.5 cm³/mol. The van der Waals surface area contributed by atoms with E-state index in [0.717, 1.165) is 4.47 Å². The first-order valence-corrected chi connectivity index (χ1v) is 8.24. The van der Waals surface area contributed by atoms with Gasteiger partial charge in [0.05, 0.1) is 6.04 Å². The summed E-state index contributed by atoms with van der Waals surface area (Å²) in [6.07, 6.45) is 0. The van der Waals surface area contributed by atoms with Gasteiger partial charge < -0.3 is 5.73 Å². The second-order valence-corrected chi connectivity index (χ2v) is 6.82. The van der Waals surface area contributed by atoms with E-state index < -0.39 is 0 Å². The molecule has 0 saturated heterocycles. The van der Waals surface area contributed by atoms with Crippen LogP contribution in [0.2, 0.25) is 0 Å². The van der Waals surface area contributed by atoms with E-state index in [-0.39, 0.29) is 6.04 Å². The van der Waals surface area contributed by atoms with E-state index in [1.807, 2.05) is 0 Å². The lowest BCUT2D eigenvalue weighted by atomic mass is 9.92. The van der Waals surface area contributed by atoms with E-state index >= 15 is 0 Å². The minimum absolute atomic E-state index is 0.0701. The van der Waals surface area contributed by atoms with Crippen LogP contribution in [0.25, 0.3) is 10.1 Å². The number of halogens is 1. The molecule has 0 saturated carbocycles. The molecule has 0 fully saturated rings. The number of thiophene rings is 1. The number of benzene rings is 2. The molecule has 0 amide bonds. The van der Waals surface area contributed by atoms with Gasteiger partial charge in [0, 0.05) is 9.17 Å². The van der Waals surface area contributed by atoms with Gasteiger partial charge in [-0.3, -0.25) is 0 Å². The second kappa shape index (κ2) is 5.32. The van der Waals surface area contributed by atoms with E-state index in [4.69, 9.17) is 5.73 Å². The normalized spacial score (nSPS) is 12.8. The molecule has 0 aliphatic rings. The minimum Gasteiger partial charge on any atom is -0.320 e. The van der Waals surface area contributed by atoms with Gasteiger partial charge in [0.2, 0.25) is 0 Å². The summed E-state index contributed by atoms with van der Waals surface area (Å²) in [5.41, 5.74) is 11.5. The average Bonchev–Trinajstić information content (AvgIpc) is 2.83. The van der Waals surface area contributed by atoms with Gasteiger partial charge in [-0.25, -0.2) is 0 Å². The van der Waals surface area contributed by atoms with Crippen LogP contribution in [0.1, 0.15) is 28.3 Å². The molecule has 3 aromatic rings. The Kier molecular flexibility index (Phi) is 3.67. The molecule has 1 nitrogen and oxygen atoms in total. The largest absolute Gasteiger partial charge is 0.320 e. The minimum atomic E-state index is -0.0701. The molecule has 0 bridgehead atoms. The summed E-state index contributed by atoms with van der Waals surface area (Å²) in [7, 11) is 0. The van der Waals surface area contributed by atoms with Crippen LogP contribution in [0.15, 0.2) is 46.3 Å². The van der Waals surface area contributed by atoms with E-state index in [1.54, 1.807) is 11.3 Å². The van der Waals surface area contributed by atoms with Gasteiger partial charge in [0.15, 0.2) is 0 Å². The third kappa shape index (κ3) is 2.20. The van der Waals surface area contributed by atoms with Gasteiger partial charge in [0.1, 0.15) is 0 Å². The SMILES string of the molecule is Cc1cccc(C)c1C(N)c1csc2c(Br)cccc12. The van der Waals surface area contributed by atoms with Gasteiger partial charge in [-0.2, -0.15) is 0 Å². The molecule has 20 heavy (non-hydrogen) atoms. The van der Waals surface area contributed by atoms with Crippen LogP contribution < -0.4 is 5.73 Å². The van der Waals surface area contributed by atoms with Crippen LogP contribution in [0.4, 0.5) is 0 Å². The van der Waals surface area contributed by atoms with E-state index in [9.17, 15) is 0 Å². The van der Waals surface area contributed by atoms with Crippen molar-refractivity contribution in [1.29, 1.82) is 0 Å². The molecule has 0 radical (unpaired) electrons. The Labute approximate surface area is 131 Å². The molecule has 0 aliphatic heterocycles. The molecular weight excluding hydrogens is 330 g/mol. The maximum absolute atomic E-state index is 6.57. The summed E-state index contributed by atoms with van der Waals surface area (Å²) in [5, 5.41) is 3.44. The number of nitrogens with two attached hydrogens (primary N) is 1. The lowest BCUT2D eigenvalue weighted by Crippen LogP contribution is -2.14. The summed E-state index contributed by atoms with van der Waals surface area (Å²) in [6.45, 7) is 4.26.